The molecule has 11 nitrogen and oxygen atoms in total. The lowest BCUT2D eigenvalue weighted by molar-refractivity contribution is -0.182. The molecule has 2 aromatic heterocycles. The normalized spacial score (nSPS) is 29.8. The average molecular weight is 413 g/mol. The van der Waals surface area contributed by atoms with Crippen LogP contribution in [0, 0.1) is 0 Å². The predicted molar refractivity (Wildman–Crippen MR) is 92.1 cm³/mol. The first-order chi connectivity index (χ1) is 13.0. The highest BCUT2D eigenvalue weighted by atomic mass is 35.5. The van der Waals surface area contributed by atoms with Crippen LogP contribution in [-0.2, 0) is 23.9 Å². The predicted octanol–water partition coefficient (Wildman–Crippen LogP) is -0.420. The Bertz CT molecular complexity index is 979. The van der Waals surface area contributed by atoms with Crippen LogP contribution in [0.1, 0.15) is 27.0 Å². The van der Waals surface area contributed by atoms with E-state index in [0.29, 0.717) is 0 Å². The van der Waals surface area contributed by atoms with E-state index in [-0.39, 0.29) is 16.3 Å². The van der Waals surface area contributed by atoms with Crippen LogP contribution in [0.5, 0.6) is 0 Å². The first kappa shape index (κ1) is 20.3. The summed E-state index contributed by atoms with van der Waals surface area (Å²) in [4.78, 5) is 47.8. The maximum absolute atomic E-state index is 12.4. The van der Waals surface area contributed by atoms with Crippen molar-refractivity contribution < 1.29 is 34.1 Å². The Kier molecular flexibility index (Phi) is 4.96. The lowest BCUT2D eigenvalue weighted by Gasteiger charge is -2.37. The summed E-state index contributed by atoms with van der Waals surface area (Å²) in [6.07, 6.45) is -0.811. The number of Topliss-reactive ketones (excluding diaryl/α,β-unsaturated/α-hetero) is 2. The number of nitrogens with zero attached hydrogens (tertiary/aromatic N) is 4. The molecule has 0 unspecified atom stereocenters. The summed E-state index contributed by atoms with van der Waals surface area (Å²) in [5.74, 6) is -2.58. The lowest BCUT2D eigenvalue weighted by Crippen LogP contribution is -2.66. The van der Waals surface area contributed by atoms with E-state index >= 15 is 0 Å². The smallest absolute Gasteiger partial charge is 0.302 e. The Hall–Kier alpha value is -2.47. The molecule has 1 aliphatic heterocycles. The number of ketones is 2. The number of halogens is 1. The molecule has 4 atom stereocenters. The SMILES string of the molecule is CC(=O)OC[C@H]1O[C@@H](n2cnc3c(Cl)ncnc32)[C@@](O)(C(C)=O)[C@@]1(O)C(C)=O. The van der Waals surface area contributed by atoms with Crippen molar-refractivity contribution in [3.05, 3.63) is 17.8 Å². The van der Waals surface area contributed by atoms with Gasteiger partial charge in [-0.1, -0.05) is 11.6 Å². The molecule has 150 valence electrons. The third-order valence-corrected chi connectivity index (χ3v) is 5.05. The molecule has 12 heteroatoms. The van der Waals surface area contributed by atoms with Gasteiger partial charge in [0.1, 0.15) is 24.6 Å². The molecule has 3 rings (SSSR count). The molecule has 2 N–H and O–H groups in total. The second kappa shape index (κ2) is 6.85. The number of esters is 1. The van der Waals surface area contributed by atoms with E-state index in [0.717, 1.165) is 31.7 Å². The van der Waals surface area contributed by atoms with Gasteiger partial charge in [0.05, 0.1) is 6.33 Å². The van der Waals surface area contributed by atoms with Crippen LogP contribution in [-0.4, -0.2) is 71.2 Å². The van der Waals surface area contributed by atoms with Crippen LogP contribution in [0.15, 0.2) is 12.7 Å². The van der Waals surface area contributed by atoms with E-state index in [1.54, 1.807) is 0 Å². The number of hydrogen-bond acceptors (Lipinski definition) is 10. The van der Waals surface area contributed by atoms with Gasteiger partial charge in [0.15, 0.2) is 34.2 Å². The van der Waals surface area contributed by atoms with Gasteiger partial charge in [-0.25, -0.2) is 15.0 Å². The van der Waals surface area contributed by atoms with Crippen molar-refractivity contribution in [1.29, 1.82) is 0 Å². The summed E-state index contributed by atoms with van der Waals surface area (Å²) in [6.45, 7) is 2.55. The number of ether oxygens (including phenoxy) is 2. The first-order valence-corrected chi connectivity index (χ1v) is 8.51. The van der Waals surface area contributed by atoms with Gasteiger partial charge in [-0.05, 0) is 13.8 Å². The largest absolute Gasteiger partial charge is 0.463 e. The van der Waals surface area contributed by atoms with Crippen LogP contribution in [0.25, 0.3) is 11.2 Å². The minimum Gasteiger partial charge on any atom is -0.463 e. The second-order valence-electron chi connectivity index (χ2n) is 6.41. The maximum atomic E-state index is 12.4. The van der Waals surface area contributed by atoms with Crippen LogP contribution >= 0.6 is 11.6 Å². The third-order valence-electron chi connectivity index (χ3n) is 4.78. The minimum atomic E-state index is -2.71. The summed E-state index contributed by atoms with van der Waals surface area (Å²) in [6, 6.07) is 0. The number of aromatic nitrogens is 4. The fraction of sp³-hybridized carbons (Fsp3) is 0.500. The van der Waals surface area contributed by atoms with Crippen molar-refractivity contribution in [3.8, 4) is 0 Å². The monoisotopic (exact) mass is 412 g/mol. The molecule has 0 saturated carbocycles. The molecule has 1 fully saturated rings. The summed E-state index contributed by atoms with van der Waals surface area (Å²) in [5, 5.41) is 22.4. The highest BCUT2D eigenvalue weighted by Gasteiger charge is 2.72. The quantitative estimate of drug-likeness (QED) is 0.488. The zero-order valence-electron chi connectivity index (χ0n) is 15.1. The number of fused-ring (bicyclic) bond motifs is 1. The molecule has 0 amide bonds. The van der Waals surface area contributed by atoms with Crippen LogP contribution in [0.4, 0.5) is 0 Å². The van der Waals surface area contributed by atoms with Crippen LogP contribution in [0.3, 0.4) is 0 Å². The average Bonchev–Trinajstić information content (AvgIpc) is 3.14. The zero-order valence-corrected chi connectivity index (χ0v) is 15.9. The molecule has 0 radical (unpaired) electrons. The Morgan fingerprint density at radius 3 is 2.39 bits per heavy atom. The standard InChI is InChI=1S/C16H17ClN4O7/c1-7(22)15(25)10(4-27-9(3)24)28-14(16(15,26)8(2)23)21-6-20-11-12(17)18-5-19-13(11)21/h5-6,10,14,25-26H,4H2,1-3H3/t10-,14-,15-,16+/m1/s1. The Labute approximate surface area is 163 Å². The summed E-state index contributed by atoms with van der Waals surface area (Å²) in [7, 11) is 0. The van der Waals surface area contributed by atoms with E-state index < -0.39 is 47.7 Å². The number of imidazole rings is 1. The highest BCUT2D eigenvalue weighted by Crippen LogP contribution is 2.47. The zero-order chi connectivity index (χ0) is 20.9. The summed E-state index contributed by atoms with van der Waals surface area (Å²) >= 11 is 5.97. The van der Waals surface area contributed by atoms with Crippen LogP contribution < -0.4 is 0 Å². The van der Waals surface area contributed by atoms with Gasteiger partial charge in [-0.15, -0.1) is 0 Å². The van der Waals surface area contributed by atoms with Gasteiger partial charge >= 0.3 is 5.97 Å². The highest BCUT2D eigenvalue weighted by molar-refractivity contribution is 6.33. The van der Waals surface area contributed by atoms with Gasteiger partial charge in [0, 0.05) is 6.92 Å². The Morgan fingerprint density at radius 2 is 1.82 bits per heavy atom. The molecule has 2 aromatic rings. The van der Waals surface area contributed by atoms with Gasteiger partial charge < -0.3 is 19.7 Å². The fourth-order valence-electron chi connectivity index (χ4n) is 3.34. The van der Waals surface area contributed by atoms with E-state index in [4.69, 9.17) is 21.1 Å². The minimum absolute atomic E-state index is 0.0198. The molecule has 0 aliphatic carbocycles. The van der Waals surface area contributed by atoms with Crippen molar-refractivity contribution in [3.63, 3.8) is 0 Å². The fourth-order valence-corrected chi connectivity index (χ4v) is 3.52. The summed E-state index contributed by atoms with van der Waals surface area (Å²) < 4.78 is 11.7. The molecule has 0 bridgehead atoms. The molecule has 1 saturated heterocycles. The van der Waals surface area contributed by atoms with Gasteiger partial charge in [-0.3, -0.25) is 19.0 Å². The molecular weight excluding hydrogens is 396 g/mol. The summed E-state index contributed by atoms with van der Waals surface area (Å²) in [5.41, 5.74) is -5.14. The first-order valence-electron chi connectivity index (χ1n) is 8.13. The van der Waals surface area contributed by atoms with Crippen molar-refractivity contribution >= 4 is 40.3 Å². The van der Waals surface area contributed by atoms with Crippen molar-refractivity contribution in [2.75, 3.05) is 6.61 Å². The van der Waals surface area contributed by atoms with Crippen molar-refractivity contribution in [2.24, 2.45) is 0 Å². The maximum Gasteiger partial charge on any atom is 0.302 e. The Morgan fingerprint density at radius 1 is 1.18 bits per heavy atom. The topological polar surface area (TPSA) is 154 Å². The van der Waals surface area contributed by atoms with E-state index in [2.05, 4.69) is 15.0 Å². The number of carbonyl (C=O) groups is 3. The molecule has 0 spiro atoms. The molecule has 3 heterocycles. The van der Waals surface area contributed by atoms with Crippen molar-refractivity contribution in [1.82, 2.24) is 19.5 Å². The van der Waals surface area contributed by atoms with Gasteiger partial charge in [0.25, 0.3) is 0 Å². The Balaban J connectivity index is 2.19. The molecular formula is C16H17ClN4O7. The molecule has 0 aromatic carbocycles. The van der Waals surface area contributed by atoms with E-state index in [9.17, 15) is 24.6 Å². The van der Waals surface area contributed by atoms with Gasteiger partial charge in [0.2, 0.25) is 5.60 Å². The lowest BCUT2D eigenvalue weighted by atomic mass is 9.75. The number of carbonyl (C=O) groups excluding carboxylic acids is 3. The second-order valence-corrected chi connectivity index (χ2v) is 6.77. The van der Waals surface area contributed by atoms with Crippen LogP contribution in [0.2, 0.25) is 5.15 Å². The van der Waals surface area contributed by atoms with Gasteiger partial charge in [-0.2, -0.15) is 0 Å². The van der Waals surface area contributed by atoms with E-state index in [1.165, 1.54) is 6.33 Å². The molecule has 1 aliphatic rings. The third kappa shape index (κ3) is 2.70. The number of hydrogen-bond donors (Lipinski definition) is 2. The van der Waals surface area contributed by atoms with E-state index in [1.807, 2.05) is 0 Å². The molecule has 28 heavy (non-hydrogen) atoms. The number of aliphatic hydroxyl groups is 2. The van der Waals surface area contributed by atoms with Crippen molar-refractivity contribution in [2.45, 2.75) is 44.3 Å². The number of rotatable bonds is 5.